The van der Waals surface area contributed by atoms with Gasteiger partial charge in [0.15, 0.2) is 5.65 Å². The molecule has 0 saturated heterocycles. The largest absolute Gasteiger partial charge is 0.497 e. The molecule has 2 amide bonds. The minimum absolute atomic E-state index is 0.167. The van der Waals surface area contributed by atoms with E-state index >= 15 is 0 Å². The van der Waals surface area contributed by atoms with Gasteiger partial charge in [-0.2, -0.15) is 0 Å². The van der Waals surface area contributed by atoms with Crippen LogP contribution in [0.4, 0.5) is 10.5 Å². The number of carbonyl (C=O) groups excluding carboxylic acids is 2. The molecular weight excluding hydrogens is 592 g/mol. The van der Waals surface area contributed by atoms with Gasteiger partial charge in [-0.3, -0.25) is 4.79 Å². The number of ether oxygens (including phenoxy) is 2. The maximum atomic E-state index is 13.4. The highest BCUT2D eigenvalue weighted by Gasteiger charge is 2.25. The normalized spacial score (nSPS) is 12.4. The van der Waals surface area contributed by atoms with Gasteiger partial charge in [0.1, 0.15) is 17.4 Å². The molecule has 3 aromatic carbocycles. The number of anilines is 1. The van der Waals surface area contributed by atoms with Gasteiger partial charge in [0, 0.05) is 29.9 Å². The molecule has 0 radical (unpaired) electrons. The van der Waals surface area contributed by atoms with E-state index in [1.807, 2.05) is 30.3 Å². The van der Waals surface area contributed by atoms with E-state index in [4.69, 9.17) is 9.47 Å². The Morgan fingerprint density at radius 3 is 2.36 bits per heavy atom. The summed E-state index contributed by atoms with van der Waals surface area (Å²) in [5.74, 6) is 0.212. The van der Waals surface area contributed by atoms with Gasteiger partial charge >= 0.3 is 6.09 Å². The van der Waals surface area contributed by atoms with Gasteiger partial charge in [0.05, 0.1) is 12.0 Å². The van der Waals surface area contributed by atoms with Crippen LogP contribution in [-0.2, 0) is 26.0 Å². The predicted molar refractivity (Wildman–Crippen MR) is 173 cm³/mol. The van der Waals surface area contributed by atoms with Crippen LogP contribution in [0, 0.1) is 0 Å². The third kappa shape index (κ3) is 7.32. The van der Waals surface area contributed by atoms with Crippen molar-refractivity contribution in [2.75, 3.05) is 12.4 Å². The Hall–Kier alpha value is -5.16. The van der Waals surface area contributed by atoms with E-state index in [1.165, 1.54) is 10.2 Å². The summed E-state index contributed by atoms with van der Waals surface area (Å²) in [6, 6.07) is 25.2. The number of alkyl carbamates (subject to hydrolysis) is 1. The first kappa shape index (κ1) is 31.3. The van der Waals surface area contributed by atoms with Gasteiger partial charge in [-0.15, -0.1) is 0 Å². The summed E-state index contributed by atoms with van der Waals surface area (Å²) in [5.41, 5.74) is 2.46. The lowest BCUT2D eigenvalue weighted by Crippen LogP contribution is -2.47. The molecule has 2 heterocycles. The van der Waals surface area contributed by atoms with Gasteiger partial charge in [-0.05, 0) is 86.0 Å². The molecule has 0 aliphatic rings. The number of benzene rings is 3. The number of aromatic nitrogens is 2. The predicted octanol–water partition coefficient (Wildman–Crippen LogP) is 6.02. The highest BCUT2D eigenvalue weighted by molar-refractivity contribution is 7.90. The fourth-order valence-electron chi connectivity index (χ4n) is 4.82. The summed E-state index contributed by atoms with van der Waals surface area (Å²) in [7, 11) is -2.27. The van der Waals surface area contributed by atoms with Crippen molar-refractivity contribution in [2.24, 2.45) is 0 Å². The van der Waals surface area contributed by atoms with Crippen molar-refractivity contribution >= 4 is 38.7 Å². The maximum Gasteiger partial charge on any atom is 0.408 e. The molecule has 0 aliphatic carbocycles. The molecule has 0 bridgehead atoms. The number of nitrogens with one attached hydrogen (secondary N) is 2. The quantitative estimate of drug-likeness (QED) is 0.205. The Balaban J connectivity index is 1.37. The fourth-order valence-corrected chi connectivity index (χ4v) is 6.15. The molecule has 1 atom stereocenters. The molecule has 5 rings (SSSR count). The van der Waals surface area contributed by atoms with E-state index in [2.05, 4.69) is 15.6 Å². The van der Waals surface area contributed by atoms with Crippen molar-refractivity contribution in [1.29, 1.82) is 0 Å². The molecular formula is C34H34N4O6S. The number of hydrogen-bond donors (Lipinski definition) is 2. The van der Waals surface area contributed by atoms with Gasteiger partial charge in [-0.1, -0.05) is 42.5 Å². The standard InChI is InChI=1S/C34H34N4O6S/c1-34(2,3)44-33(40)37-30(22-23-9-8-10-26(21-23)43-4)32(39)36-25-15-13-24(14-16-25)28-17-19-35-31-29(28)18-20-38(31)45(41,42)27-11-6-5-7-12-27/h5-21,30H,22H2,1-4H3,(H,36,39)(H,37,40)/t30-/m1/s1. The number of methoxy groups -OCH3 is 1. The lowest BCUT2D eigenvalue weighted by atomic mass is 10.0. The topological polar surface area (TPSA) is 129 Å². The first-order valence-corrected chi connectivity index (χ1v) is 15.7. The number of pyridine rings is 1. The second kappa shape index (κ2) is 12.8. The molecule has 11 heteroatoms. The van der Waals surface area contributed by atoms with Crippen molar-refractivity contribution in [2.45, 2.75) is 43.7 Å². The fraction of sp³-hybridized carbons (Fsp3) is 0.206. The van der Waals surface area contributed by atoms with Crippen LogP contribution < -0.4 is 15.4 Å². The molecule has 232 valence electrons. The van der Waals surface area contributed by atoms with Crippen LogP contribution in [0.1, 0.15) is 26.3 Å². The van der Waals surface area contributed by atoms with Gasteiger partial charge in [0.2, 0.25) is 5.91 Å². The average molecular weight is 627 g/mol. The molecule has 45 heavy (non-hydrogen) atoms. The van der Waals surface area contributed by atoms with E-state index in [1.54, 1.807) is 94.7 Å². The zero-order chi connectivity index (χ0) is 32.2. The van der Waals surface area contributed by atoms with Crippen molar-refractivity contribution in [3.05, 3.63) is 109 Å². The molecule has 2 aromatic heterocycles. The second-order valence-electron chi connectivity index (χ2n) is 11.3. The third-order valence-corrected chi connectivity index (χ3v) is 8.58. The minimum Gasteiger partial charge on any atom is -0.497 e. The van der Waals surface area contributed by atoms with Crippen LogP contribution in [0.25, 0.3) is 22.2 Å². The molecule has 0 fully saturated rings. The molecule has 2 N–H and O–H groups in total. The summed E-state index contributed by atoms with van der Waals surface area (Å²) in [6.45, 7) is 5.25. The summed E-state index contributed by atoms with van der Waals surface area (Å²) < 4.78 is 38.4. The Morgan fingerprint density at radius 2 is 1.67 bits per heavy atom. The minimum atomic E-state index is -3.83. The van der Waals surface area contributed by atoms with Crippen LogP contribution in [0.3, 0.4) is 0 Å². The van der Waals surface area contributed by atoms with Crippen LogP contribution >= 0.6 is 0 Å². The highest BCUT2D eigenvalue weighted by Crippen LogP contribution is 2.31. The van der Waals surface area contributed by atoms with Crippen LogP contribution in [-0.4, -0.2) is 48.1 Å². The van der Waals surface area contributed by atoms with Gasteiger partial charge in [0.25, 0.3) is 10.0 Å². The second-order valence-corrected chi connectivity index (χ2v) is 13.2. The molecule has 0 aliphatic heterocycles. The summed E-state index contributed by atoms with van der Waals surface area (Å²) in [4.78, 5) is 30.6. The van der Waals surface area contributed by atoms with Crippen molar-refractivity contribution in [3.8, 4) is 16.9 Å². The molecule has 10 nitrogen and oxygen atoms in total. The Bertz CT molecular complexity index is 1930. The molecule has 5 aromatic rings. The van der Waals surface area contributed by atoms with Crippen LogP contribution in [0.15, 0.2) is 108 Å². The van der Waals surface area contributed by atoms with E-state index < -0.39 is 33.7 Å². The number of hydrogen-bond acceptors (Lipinski definition) is 7. The smallest absolute Gasteiger partial charge is 0.408 e. The lowest BCUT2D eigenvalue weighted by Gasteiger charge is -2.23. The zero-order valence-corrected chi connectivity index (χ0v) is 26.2. The van der Waals surface area contributed by atoms with E-state index in [0.29, 0.717) is 22.5 Å². The molecule has 0 spiro atoms. The summed E-state index contributed by atoms with van der Waals surface area (Å²) >= 11 is 0. The SMILES string of the molecule is COc1cccc(C[C@@H](NC(=O)OC(C)(C)C)C(=O)Nc2ccc(-c3ccnc4c3ccn4S(=O)(=O)c3ccccc3)cc2)c1. The van der Waals surface area contributed by atoms with E-state index in [0.717, 1.165) is 16.7 Å². The number of carbonyl (C=O) groups is 2. The third-order valence-electron chi connectivity index (χ3n) is 6.90. The first-order valence-electron chi connectivity index (χ1n) is 14.2. The number of nitrogens with zero attached hydrogens (tertiary/aromatic N) is 2. The maximum absolute atomic E-state index is 13.4. The Labute approximate surface area is 262 Å². The van der Waals surface area contributed by atoms with E-state index in [-0.39, 0.29) is 11.3 Å². The molecule has 0 unspecified atom stereocenters. The molecule has 0 saturated carbocycles. The van der Waals surface area contributed by atoms with Crippen molar-refractivity contribution in [3.63, 3.8) is 0 Å². The van der Waals surface area contributed by atoms with Gasteiger partial charge < -0.3 is 20.1 Å². The van der Waals surface area contributed by atoms with Gasteiger partial charge in [-0.25, -0.2) is 22.2 Å². The Morgan fingerprint density at radius 1 is 0.933 bits per heavy atom. The number of amides is 2. The summed E-state index contributed by atoms with van der Waals surface area (Å²) in [5, 5.41) is 6.23. The monoisotopic (exact) mass is 626 g/mol. The number of rotatable bonds is 9. The van der Waals surface area contributed by atoms with Crippen LogP contribution in [0.2, 0.25) is 0 Å². The van der Waals surface area contributed by atoms with E-state index in [9.17, 15) is 18.0 Å². The van der Waals surface area contributed by atoms with Crippen molar-refractivity contribution in [1.82, 2.24) is 14.3 Å². The first-order chi connectivity index (χ1) is 21.4. The summed E-state index contributed by atoms with van der Waals surface area (Å²) in [6.07, 6.45) is 2.57. The highest BCUT2D eigenvalue weighted by atomic mass is 32.2. The van der Waals surface area contributed by atoms with Crippen molar-refractivity contribution < 1.29 is 27.5 Å². The lowest BCUT2D eigenvalue weighted by molar-refractivity contribution is -0.118. The average Bonchev–Trinajstić information content (AvgIpc) is 3.46. The zero-order valence-electron chi connectivity index (χ0n) is 25.4. The number of fused-ring (bicyclic) bond motifs is 1. The Kier molecular flexibility index (Phi) is 8.92. The van der Waals surface area contributed by atoms with Crippen LogP contribution in [0.5, 0.6) is 5.75 Å².